The quantitative estimate of drug-likeness (QED) is 0.769. The van der Waals surface area contributed by atoms with Crippen molar-refractivity contribution in [2.45, 2.75) is 20.4 Å². The molecule has 0 fully saturated rings. The molecule has 6 heteroatoms. The predicted molar refractivity (Wildman–Crippen MR) is 83.6 cm³/mol. The maximum atomic E-state index is 12.1. The molecular formula is C15H22N2O3S. The molecule has 0 aliphatic heterocycles. The average molecular weight is 310 g/mol. The highest BCUT2D eigenvalue weighted by atomic mass is 32.2. The molecule has 1 aromatic carbocycles. The third-order valence-electron chi connectivity index (χ3n) is 2.80. The van der Waals surface area contributed by atoms with Gasteiger partial charge in [0, 0.05) is 25.7 Å². The molecule has 0 aromatic heterocycles. The molecule has 21 heavy (non-hydrogen) atoms. The van der Waals surface area contributed by atoms with Crippen molar-refractivity contribution in [3.05, 3.63) is 35.4 Å². The lowest BCUT2D eigenvalue weighted by atomic mass is 10.1. The first kappa shape index (κ1) is 17.7. The summed E-state index contributed by atoms with van der Waals surface area (Å²) in [6.07, 6.45) is 0. The van der Waals surface area contributed by atoms with Crippen LogP contribution in [-0.2, 0) is 16.8 Å². The number of nitrogens with zero attached hydrogens (tertiary/aromatic N) is 1. The van der Waals surface area contributed by atoms with Crippen LogP contribution >= 0.6 is 0 Å². The van der Waals surface area contributed by atoms with Crippen molar-refractivity contribution in [3.8, 4) is 11.8 Å². The van der Waals surface area contributed by atoms with E-state index in [0.717, 1.165) is 11.1 Å². The van der Waals surface area contributed by atoms with Gasteiger partial charge in [-0.1, -0.05) is 43.9 Å². The Hall–Kier alpha value is -1.39. The summed E-state index contributed by atoms with van der Waals surface area (Å²) in [5.74, 6) is 5.65. The highest BCUT2D eigenvalue weighted by Gasteiger charge is 2.18. The first-order valence-electron chi connectivity index (χ1n) is 6.75. The summed E-state index contributed by atoms with van der Waals surface area (Å²) >= 11 is 0. The van der Waals surface area contributed by atoms with Gasteiger partial charge in [0.25, 0.3) is 10.2 Å². The normalized spacial score (nSPS) is 11.5. The molecular weight excluding hydrogens is 288 g/mol. The van der Waals surface area contributed by atoms with Crippen molar-refractivity contribution >= 4 is 10.2 Å². The van der Waals surface area contributed by atoms with E-state index >= 15 is 0 Å². The van der Waals surface area contributed by atoms with Crippen LogP contribution in [0.5, 0.6) is 0 Å². The van der Waals surface area contributed by atoms with Gasteiger partial charge in [-0.15, -0.1) is 0 Å². The van der Waals surface area contributed by atoms with Gasteiger partial charge in [-0.25, -0.2) is 4.72 Å². The first-order chi connectivity index (χ1) is 9.86. The number of nitrogens with one attached hydrogen (secondary N) is 1. The van der Waals surface area contributed by atoms with Crippen LogP contribution in [0.4, 0.5) is 0 Å². The van der Waals surface area contributed by atoms with E-state index in [1.54, 1.807) is 6.07 Å². The van der Waals surface area contributed by atoms with Gasteiger partial charge in [0.15, 0.2) is 0 Å². The van der Waals surface area contributed by atoms with Crippen LogP contribution in [0.2, 0.25) is 0 Å². The number of aliphatic hydroxyl groups is 1. The Kier molecular flexibility index (Phi) is 6.85. The summed E-state index contributed by atoms with van der Waals surface area (Å²) in [6.45, 7) is 4.30. The van der Waals surface area contributed by atoms with E-state index in [-0.39, 0.29) is 19.1 Å². The Morgan fingerprint density at radius 2 is 2.00 bits per heavy atom. The highest BCUT2D eigenvalue weighted by molar-refractivity contribution is 7.87. The van der Waals surface area contributed by atoms with Gasteiger partial charge in [-0.3, -0.25) is 0 Å². The number of benzene rings is 1. The van der Waals surface area contributed by atoms with Crippen LogP contribution in [0.15, 0.2) is 24.3 Å². The van der Waals surface area contributed by atoms with Crippen LogP contribution in [0, 0.1) is 17.8 Å². The van der Waals surface area contributed by atoms with E-state index < -0.39 is 10.2 Å². The summed E-state index contributed by atoms with van der Waals surface area (Å²) in [7, 11) is -1.98. The fraction of sp³-hybridized carbons (Fsp3) is 0.467. The lowest BCUT2D eigenvalue weighted by molar-refractivity contribution is 0.350. The van der Waals surface area contributed by atoms with Crippen molar-refractivity contribution in [1.29, 1.82) is 0 Å². The molecule has 0 radical (unpaired) electrons. The molecule has 0 amide bonds. The molecule has 2 N–H and O–H groups in total. The van der Waals surface area contributed by atoms with Gasteiger partial charge in [-0.2, -0.15) is 12.7 Å². The Morgan fingerprint density at radius 3 is 2.62 bits per heavy atom. The lowest BCUT2D eigenvalue weighted by Crippen LogP contribution is -2.39. The van der Waals surface area contributed by atoms with Gasteiger partial charge in [-0.05, 0) is 17.5 Å². The lowest BCUT2D eigenvalue weighted by Gasteiger charge is -2.19. The van der Waals surface area contributed by atoms with Gasteiger partial charge in [0.05, 0.1) is 0 Å². The summed E-state index contributed by atoms with van der Waals surface area (Å²) in [4.78, 5) is 0. The summed E-state index contributed by atoms with van der Waals surface area (Å²) in [5.41, 5.74) is 1.52. The molecule has 116 valence electrons. The first-order valence-corrected chi connectivity index (χ1v) is 8.19. The van der Waals surface area contributed by atoms with Gasteiger partial charge < -0.3 is 5.11 Å². The zero-order valence-electron chi connectivity index (χ0n) is 12.6. The summed E-state index contributed by atoms with van der Waals surface area (Å²) < 4.78 is 28.0. The third-order valence-corrected chi connectivity index (χ3v) is 4.28. The second-order valence-electron chi connectivity index (χ2n) is 5.12. The van der Waals surface area contributed by atoms with E-state index in [2.05, 4.69) is 16.6 Å². The number of hydrogen-bond acceptors (Lipinski definition) is 3. The SMILES string of the molecule is CC(C)CNS(=O)(=O)N(C)Cc1ccccc1C#CCO. The molecule has 0 saturated heterocycles. The Bertz CT molecular complexity index is 615. The van der Waals surface area contributed by atoms with E-state index in [4.69, 9.17) is 5.11 Å². The minimum Gasteiger partial charge on any atom is -0.384 e. The predicted octanol–water partition coefficient (Wildman–Crippen LogP) is 0.953. The largest absolute Gasteiger partial charge is 0.384 e. The number of hydrogen-bond donors (Lipinski definition) is 2. The fourth-order valence-electron chi connectivity index (χ4n) is 1.62. The second-order valence-corrected chi connectivity index (χ2v) is 6.98. The maximum absolute atomic E-state index is 12.1. The van der Waals surface area contributed by atoms with Crippen molar-refractivity contribution in [2.75, 3.05) is 20.2 Å². The van der Waals surface area contributed by atoms with Crippen molar-refractivity contribution in [3.63, 3.8) is 0 Å². The molecule has 0 atom stereocenters. The molecule has 0 bridgehead atoms. The zero-order chi connectivity index (χ0) is 15.9. The maximum Gasteiger partial charge on any atom is 0.279 e. The topological polar surface area (TPSA) is 69.6 Å². The van der Waals surface area contributed by atoms with Crippen LogP contribution in [0.25, 0.3) is 0 Å². The van der Waals surface area contributed by atoms with Crippen LogP contribution in [0.3, 0.4) is 0 Å². The second kappa shape index (κ2) is 8.15. The molecule has 0 spiro atoms. The van der Waals surface area contributed by atoms with E-state index in [1.807, 2.05) is 32.0 Å². The minimum absolute atomic E-state index is 0.224. The molecule has 0 heterocycles. The standard InChI is InChI=1S/C15H22N2O3S/c1-13(2)11-16-21(19,20)17(3)12-15-8-5-4-7-14(15)9-6-10-18/h4-5,7-8,13,16,18H,10-12H2,1-3H3. The van der Waals surface area contributed by atoms with E-state index in [0.29, 0.717) is 6.54 Å². The monoisotopic (exact) mass is 310 g/mol. The van der Waals surface area contributed by atoms with E-state index in [9.17, 15) is 8.42 Å². The van der Waals surface area contributed by atoms with Crippen molar-refractivity contribution in [1.82, 2.24) is 9.03 Å². The van der Waals surface area contributed by atoms with Crippen molar-refractivity contribution in [2.24, 2.45) is 5.92 Å². The van der Waals surface area contributed by atoms with Gasteiger partial charge in [0.2, 0.25) is 0 Å². The summed E-state index contributed by atoms with van der Waals surface area (Å²) in [5, 5.41) is 8.76. The fourth-order valence-corrected chi connectivity index (χ4v) is 2.70. The number of aliphatic hydroxyl groups excluding tert-OH is 1. The van der Waals surface area contributed by atoms with Crippen molar-refractivity contribution < 1.29 is 13.5 Å². The highest BCUT2D eigenvalue weighted by Crippen LogP contribution is 2.11. The number of rotatable bonds is 6. The van der Waals surface area contributed by atoms with Gasteiger partial charge in [0.1, 0.15) is 6.61 Å². The zero-order valence-corrected chi connectivity index (χ0v) is 13.4. The molecule has 0 unspecified atom stereocenters. The van der Waals surface area contributed by atoms with Crippen LogP contribution < -0.4 is 4.72 Å². The average Bonchev–Trinajstić information content (AvgIpc) is 2.44. The minimum atomic E-state index is -3.51. The van der Waals surface area contributed by atoms with Crippen LogP contribution in [0.1, 0.15) is 25.0 Å². The smallest absolute Gasteiger partial charge is 0.279 e. The molecule has 1 rings (SSSR count). The Morgan fingerprint density at radius 1 is 1.33 bits per heavy atom. The Labute approximate surface area is 127 Å². The Balaban J connectivity index is 2.86. The molecule has 5 nitrogen and oxygen atoms in total. The van der Waals surface area contributed by atoms with E-state index in [1.165, 1.54) is 11.4 Å². The molecule has 0 aliphatic rings. The molecule has 0 aliphatic carbocycles. The summed E-state index contributed by atoms with van der Waals surface area (Å²) in [6, 6.07) is 7.30. The molecule has 1 aromatic rings. The van der Waals surface area contributed by atoms with Crippen LogP contribution in [-0.4, -0.2) is 38.0 Å². The van der Waals surface area contributed by atoms with Gasteiger partial charge >= 0.3 is 0 Å². The molecule has 0 saturated carbocycles. The third kappa shape index (κ3) is 5.86.